The average Bonchev–Trinajstić information content (AvgIpc) is 2.42. The predicted molar refractivity (Wildman–Crippen MR) is 27.0 cm³/mol. The van der Waals surface area contributed by atoms with Gasteiger partial charge in [0, 0.05) is 12.1 Å². The van der Waals surface area contributed by atoms with Crippen LogP contribution in [0, 0.1) is 4.91 Å². The highest BCUT2D eigenvalue weighted by atomic mass is 16.3. The van der Waals surface area contributed by atoms with Crippen molar-refractivity contribution in [3.8, 4) is 0 Å². The van der Waals surface area contributed by atoms with E-state index in [-0.39, 0.29) is 0 Å². The van der Waals surface area contributed by atoms with E-state index in [0.29, 0.717) is 0 Å². The lowest BCUT2D eigenvalue weighted by Gasteiger charge is -1.65. The molecule has 0 aromatic rings. The molecule has 0 amide bonds. The number of nitroso groups, excluding NO2 is 1. The van der Waals surface area contributed by atoms with Crippen LogP contribution in [0.15, 0.2) is 21.9 Å². The third-order valence-corrected chi connectivity index (χ3v) is 0.657. The maximum absolute atomic E-state index is 9.31. The topological polar surface area (TPSA) is 41.8 Å². The summed E-state index contributed by atoms with van der Waals surface area (Å²) in [5, 5.41) is 2.43. The SMILES string of the molecule is O=NC=NC1=CC1. The molecule has 0 saturated heterocycles. The molecule has 3 nitrogen and oxygen atoms in total. The van der Waals surface area contributed by atoms with Crippen molar-refractivity contribution >= 4 is 6.34 Å². The third kappa shape index (κ3) is 1.26. The van der Waals surface area contributed by atoms with Gasteiger partial charge in [-0.3, -0.25) is 0 Å². The standard InChI is InChI=1S/C4H4N2O/c7-6-3-5-4-1-2-4/h1,3H,2H2. The fraction of sp³-hybridized carbons (Fsp3) is 0.250. The van der Waals surface area contributed by atoms with Crippen molar-refractivity contribution < 1.29 is 0 Å². The van der Waals surface area contributed by atoms with Gasteiger partial charge in [-0.15, -0.1) is 4.91 Å². The molecule has 0 fully saturated rings. The fourth-order valence-electron chi connectivity index (χ4n) is 0.249. The van der Waals surface area contributed by atoms with Gasteiger partial charge in [0.05, 0.1) is 0 Å². The summed E-state index contributed by atoms with van der Waals surface area (Å²) < 4.78 is 0. The molecule has 0 saturated carbocycles. The molecule has 1 aliphatic carbocycles. The summed E-state index contributed by atoms with van der Waals surface area (Å²) in [6.07, 6.45) is 3.85. The molecule has 0 spiro atoms. The van der Waals surface area contributed by atoms with E-state index in [1.165, 1.54) is 0 Å². The van der Waals surface area contributed by atoms with Gasteiger partial charge in [0.15, 0.2) is 6.34 Å². The maximum atomic E-state index is 9.31. The highest BCUT2D eigenvalue weighted by molar-refractivity contribution is 5.57. The largest absolute Gasteiger partial charge is 0.238 e. The van der Waals surface area contributed by atoms with E-state index in [1.807, 2.05) is 6.08 Å². The summed E-state index contributed by atoms with van der Waals surface area (Å²) in [4.78, 5) is 12.9. The zero-order valence-corrected chi connectivity index (χ0v) is 3.66. The van der Waals surface area contributed by atoms with Gasteiger partial charge in [-0.1, -0.05) is 6.08 Å². The lowest BCUT2D eigenvalue weighted by Crippen LogP contribution is -1.56. The van der Waals surface area contributed by atoms with Crippen LogP contribution < -0.4 is 0 Å². The second-order valence-electron chi connectivity index (χ2n) is 1.25. The Balaban J connectivity index is 2.31. The number of hydrogen-bond acceptors (Lipinski definition) is 2. The fourth-order valence-corrected chi connectivity index (χ4v) is 0.249. The summed E-state index contributed by atoms with van der Waals surface area (Å²) in [5.74, 6) is 0. The van der Waals surface area contributed by atoms with E-state index in [2.05, 4.69) is 10.2 Å². The van der Waals surface area contributed by atoms with Gasteiger partial charge in [0.25, 0.3) is 0 Å². The Morgan fingerprint density at radius 3 is 3.00 bits per heavy atom. The van der Waals surface area contributed by atoms with Gasteiger partial charge in [-0.25, -0.2) is 4.99 Å². The van der Waals surface area contributed by atoms with E-state index in [4.69, 9.17) is 0 Å². The van der Waals surface area contributed by atoms with Crippen molar-refractivity contribution in [2.24, 2.45) is 10.2 Å². The summed E-state index contributed by atoms with van der Waals surface area (Å²) in [6, 6.07) is 0. The first-order valence-electron chi connectivity index (χ1n) is 1.97. The Morgan fingerprint density at radius 1 is 1.86 bits per heavy atom. The molecular formula is C4H4N2O. The van der Waals surface area contributed by atoms with Crippen molar-refractivity contribution in [3.63, 3.8) is 0 Å². The van der Waals surface area contributed by atoms with Gasteiger partial charge < -0.3 is 0 Å². The Hall–Kier alpha value is -0.990. The molecule has 7 heavy (non-hydrogen) atoms. The van der Waals surface area contributed by atoms with Gasteiger partial charge in [0.1, 0.15) is 0 Å². The first-order valence-corrected chi connectivity index (χ1v) is 1.97. The lowest BCUT2D eigenvalue weighted by atomic mass is 10.8. The van der Waals surface area contributed by atoms with Crippen LogP contribution in [0.25, 0.3) is 0 Å². The first-order chi connectivity index (χ1) is 3.43. The molecule has 1 rings (SSSR count). The zero-order valence-electron chi connectivity index (χ0n) is 3.66. The number of nitrogens with zero attached hydrogens (tertiary/aromatic N) is 2. The summed E-state index contributed by atoms with van der Waals surface area (Å²) in [6.45, 7) is 0. The van der Waals surface area contributed by atoms with E-state index >= 15 is 0 Å². The van der Waals surface area contributed by atoms with Gasteiger partial charge in [0.2, 0.25) is 0 Å². The quantitative estimate of drug-likeness (QED) is 0.288. The van der Waals surface area contributed by atoms with Crippen molar-refractivity contribution in [1.82, 2.24) is 0 Å². The van der Waals surface area contributed by atoms with Crippen molar-refractivity contribution in [2.75, 3.05) is 0 Å². The summed E-state index contributed by atoms with van der Waals surface area (Å²) >= 11 is 0. The molecule has 0 N–H and O–H groups in total. The smallest absolute Gasteiger partial charge is 0.160 e. The Bertz CT molecular complexity index is 137. The van der Waals surface area contributed by atoms with Crippen LogP contribution in [-0.4, -0.2) is 6.34 Å². The third-order valence-electron chi connectivity index (χ3n) is 0.657. The average molecular weight is 96.1 g/mol. The molecule has 0 aromatic heterocycles. The molecule has 0 heterocycles. The van der Waals surface area contributed by atoms with Gasteiger partial charge >= 0.3 is 0 Å². The van der Waals surface area contributed by atoms with Crippen molar-refractivity contribution in [2.45, 2.75) is 6.42 Å². The maximum Gasteiger partial charge on any atom is 0.160 e. The number of rotatable bonds is 2. The molecule has 0 aromatic carbocycles. The van der Waals surface area contributed by atoms with Crippen LogP contribution in [0.5, 0.6) is 0 Å². The normalized spacial score (nSPS) is 16.9. The molecule has 3 heteroatoms. The molecule has 0 bridgehead atoms. The highest BCUT2D eigenvalue weighted by Crippen LogP contribution is 2.17. The van der Waals surface area contributed by atoms with Crippen molar-refractivity contribution in [1.29, 1.82) is 0 Å². The molecule has 0 atom stereocenters. The van der Waals surface area contributed by atoms with E-state index < -0.39 is 0 Å². The van der Waals surface area contributed by atoms with Crippen LogP contribution in [0.1, 0.15) is 6.42 Å². The predicted octanol–water partition coefficient (Wildman–Crippen LogP) is 1.07. The molecule has 0 aliphatic heterocycles. The van der Waals surface area contributed by atoms with Crippen LogP contribution in [-0.2, 0) is 0 Å². The van der Waals surface area contributed by atoms with E-state index in [9.17, 15) is 4.91 Å². The Kier molecular flexibility index (Phi) is 0.978. The van der Waals surface area contributed by atoms with Crippen LogP contribution in [0.2, 0.25) is 0 Å². The highest BCUT2D eigenvalue weighted by Gasteiger charge is 2.01. The van der Waals surface area contributed by atoms with Crippen LogP contribution in [0.3, 0.4) is 0 Å². The number of hydrogen-bond donors (Lipinski definition) is 0. The molecule has 0 radical (unpaired) electrons. The van der Waals surface area contributed by atoms with E-state index in [1.54, 1.807) is 0 Å². The minimum atomic E-state index is 0.923. The first kappa shape index (κ1) is 4.18. The second kappa shape index (κ2) is 1.64. The van der Waals surface area contributed by atoms with Gasteiger partial charge in [-0.05, 0) is 5.18 Å². The number of allylic oxidation sites excluding steroid dienone is 2. The summed E-state index contributed by atoms with van der Waals surface area (Å²) in [5.41, 5.74) is 0.958. The number of aliphatic imine (C=N–C) groups is 1. The minimum absolute atomic E-state index is 0.923. The molecule has 1 aliphatic rings. The molecule has 0 unspecified atom stereocenters. The Labute approximate surface area is 40.7 Å². The molecular weight excluding hydrogens is 92.1 g/mol. The van der Waals surface area contributed by atoms with Crippen LogP contribution >= 0.6 is 0 Å². The van der Waals surface area contributed by atoms with Gasteiger partial charge in [-0.2, -0.15) is 0 Å². The lowest BCUT2D eigenvalue weighted by molar-refractivity contribution is 1.39. The zero-order chi connectivity index (χ0) is 5.11. The Morgan fingerprint density at radius 2 is 2.57 bits per heavy atom. The van der Waals surface area contributed by atoms with Crippen LogP contribution in [0.4, 0.5) is 0 Å². The molecule has 36 valence electrons. The monoisotopic (exact) mass is 96.0 g/mol. The summed E-state index contributed by atoms with van der Waals surface area (Å²) in [7, 11) is 0. The van der Waals surface area contributed by atoms with Crippen molar-refractivity contribution in [3.05, 3.63) is 16.7 Å². The second-order valence-corrected chi connectivity index (χ2v) is 1.25. The minimum Gasteiger partial charge on any atom is -0.238 e. The van der Waals surface area contributed by atoms with E-state index in [0.717, 1.165) is 18.5 Å².